The van der Waals surface area contributed by atoms with Crippen molar-refractivity contribution in [1.82, 2.24) is 0 Å². The Morgan fingerprint density at radius 2 is 1.67 bits per heavy atom. The zero-order chi connectivity index (χ0) is 16.0. The molecule has 0 aliphatic heterocycles. The molecule has 0 aliphatic carbocycles. The first-order chi connectivity index (χ1) is 9.85. The first kappa shape index (κ1) is 16.9. The monoisotopic (exact) mass is 399 g/mol. The summed E-state index contributed by atoms with van der Waals surface area (Å²) < 4.78 is 11.0. The maximum atomic E-state index is 11.7. The molecule has 0 amide bonds. The van der Waals surface area contributed by atoms with Gasteiger partial charge in [-0.15, -0.1) is 0 Å². The van der Waals surface area contributed by atoms with Gasteiger partial charge >= 0.3 is 131 Å². The summed E-state index contributed by atoms with van der Waals surface area (Å²) in [6.07, 6.45) is 0. The summed E-state index contributed by atoms with van der Waals surface area (Å²) in [5, 5.41) is 8.91. The summed E-state index contributed by atoms with van der Waals surface area (Å²) in [5.74, 6) is -1.26. The predicted molar refractivity (Wildman–Crippen MR) is 85.7 cm³/mol. The Kier molecular flexibility index (Phi) is 6.11. The van der Waals surface area contributed by atoms with E-state index in [4.69, 9.17) is 11.4 Å². The SMILES string of the molecule is C=C(C)C(=O)OI(OC(=O)C(=C)C)c1cccc(C#N)c1. The fraction of sp³-hybridized carbons (Fsp3) is 0.133. The Morgan fingerprint density at radius 3 is 2.10 bits per heavy atom. The molecule has 0 saturated carbocycles. The molecule has 21 heavy (non-hydrogen) atoms. The topological polar surface area (TPSA) is 76.4 Å². The van der Waals surface area contributed by atoms with Crippen molar-refractivity contribution in [3.63, 3.8) is 0 Å². The van der Waals surface area contributed by atoms with Crippen LogP contribution in [0.5, 0.6) is 0 Å². The van der Waals surface area contributed by atoms with Crippen LogP contribution >= 0.6 is 20.6 Å². The fourth-order valence-corrected chi connectivity index (χ4v) is 4.19. The van der Waals surface area contributed by atoms with Crippen molar-refractivity contribution in [3.8, 4) is 6.07 Å². The molecule has 1 aromatic rings. The summed E-state index contributed by atoms with van der Waals surface area (Å²) in [6.45, 7) is 9.99. The molecular weight excluding hydrogens is 385 g/mol. The number of carbonyl (C=O) groups excluding carboxylic acids is 2. The summed E-state index contributed by atoms with van der Waals surface area (Å²) >= 11 is -3.04. The summed E-state index contributed by atoms with van der Waals surface area (Å²) in [5.41, 5.74) is 0.813. The minimum absolute atomic E-state index is 0.208. The van der Waals surface area contributed by atoms with Gasteiger partial charge in [-0.3, -0.25) is 0 Å². The van der Waals surface area contributed by atoms with Crippen LogP contribution in [-0.4, -0.2) is 11.9 Å². The van der Waals surface area contributed by atoms with E-state index in [1.807, 2.05) is 6.07 Å². The molecule has 0 N–H and O–H groups in total. The van der Waals surface area contributed by atoms with Gasteiger partial charge in [0, 0.05) is 0 Å². The predicted octanol–water partition coefficient (Wildman–Crippen LogP) is 3.30. The van der Waals surface area contributed by atoms with E-state index in [9.17, 15) is 9.59 Å². The second kappa shape index (κ2) is 7.59. The molecule has 0 heterocycles. The molecule has 5 nitrogen and oxygen atoms in total. The number of nitrogens with zero attached hydrogens (tertiary/aromatic N) is 1. The van der Waals surface area contributed by atoms with Crippen LogP contribution < -0.4 is 0 Å². The minimum atomic E-state index is -3.04. The first-order valence-electron chi connectivity index (χ1n) is 5.82. The number of rotatable bonds is 5. The van der Waals surface area contributed by atoms with Crippen LogP contribution in [-0.2, 0) is 15.7 Å². The van der Waals surface area contributed by atoms with E-state index in [0.717, 1.165) is 0 Å². The van der Waals surface area contributed by atoms with Gasteiger partial charge in [0.2, 0.25) is 0 Å². The normalized spacial score (nSPS) is 10.0. The Balaban J connectivity index is 3.08. The third kappa shape index (κ3) is 5.04. The van der Waals surface area contributed by atoms with Gasteiger partial charge in [-0.2, -0.15) is 0 Å². The summed E-state index contributed by atoms with van der Waals surface area (Å²) in [6, 6.07) is 8.43. The van der Waals surface area contributed by atoms with Crippen molar-refractivity contribution in [1.29, 1.82) is 5.26 Å². The molecule has 0 fully saturated rings. The van der Waals surface area contributed by atoms with Gasteiger partial charge in [0.1, 0.15) is 0 Å². The molecule has 0 unspecified atom stereocenters. The third-order valence-corrected chi connectivity index (χ3v) is 5.40. The number of halogens is 1. The summed E-state index contributed by atoms with van der Waals surface area (Å²) in [7, 11) is 0. The quantitative estimate of drug-likeness (QED) is 0.561. The second-order valence-corrected chi connectivity index (χ2v) is 7.50. The second-order valence-electron chi connectivity index (χ2n) is 4.13. The number of hydrogen-bond donors (Lipinski definition) is 0. The molecule has 6 heteroatoms. The molecule has 0 spiro atoms. The Labute approximate surface area is 131 Å². The number of carbonyl (C=O) groups is 2. The Bertz CT molecular complexity index is 617. The molecule has 0 saturated heterocycles. The molecule has 0 aliphatic rings. The molecule has 110 valence electrons. The van der Waals surface area contributed by atoms with Crippen LogP contribution in [0.25, 0.3) is 0 Å². The van der Waals surface area contributed by atoms with Crippen LogP contribution in [0.2, 0.25) is 0 Å². The number of nitriles is 1. The molecule has 1 rings (SSSR count). The van der Waals surface area contributed by atoms with Gasteiger partial charge in [0.15, 0.2) is 0 Å². The first-order valence-corrected chi connectivity index (χ1v) is 8.66. The van der Waals surface area contributed by atoms with Crippen molar-refractivity contribution in [2.45, 2.75) is 13.8 Å². The molecule has 0 atom stereocenters. The van der Waals surface area contributed by atoms with Crippen LogP contribution in [0.3, 0.4) is 0 Å². The Hall–Kier alpha value is -2.14. The van der Waals surface area contributed by atoms with Gasteiger partial charge in [0.25, 0.3) is 0 Å². The van der Waals surface area contributed by atoms with Crippen LogP contribution in [0.4, 0.5) is 0 Å². The third-order valence-electron chi connectivity index (χ3n) is 2.11. The van der Waals surface area contributed by atoms with E-state index < -0.39 is 32.6 Å². The van der Waals surface area contributed by atoms with Crippen LogP contribution in [0.1, 0.15) is 19.4 Å². The van der Waals surface area contributed by atoms with E-state index in [1.165, 1.54) is 13.8 Å². The van der Waals surface area contributed by atoms with Crippen molar-refractivity contribution in [2.24, 2.45) is 0 Å². The average Bonchev–Trinajstić information content (AvgIpc) is 2.46. The van der Waals surface area contributed by atoms with Crippen LogP contribution in [0, 0.1) is 14.9 Å². The molecule has 0 bridgehead atoms. The average molecular weight is 399 g/mol. The van der Waals surface area contributed by atoms with Crippen LogP contribution in [0.15, 0.2) is 48.6 Å². The van der Waals surface area contributed by atoms with Gasteiger partial charge in [-0.25, -0.2) is 0 Å². The molecule has 1 aromatic carbocycles. The van der Waals surface area contributed by atoms with E-state index in [-0.39, 0.29) is 11.1 Å². The van der Waals surface area contributed by atoms with Gasteiger partial charge < -0.3 is 0 Å². The molecule has 0 aromatic heterocycles. The van der Waals surface area contributed by atoms with E-state index in [1.54, 1.807) is 24.3 Å². The zero-order valence-corrected chi connectivity index (χ0v) is 13.8. The number of hydrogen-bond acceptors (Lipinski definition) is 5. The summed E-state index contributed by atoms with van der Waals surface area (Å²) in [4.78, 5) is 23.3. The van der Waals surface area contributed by atoms with E-state index in [0.29, 0.717) is 9.13 Å². The standard InChI is InChI=1S/C15H14INO4/c1-10(2)14(18)20-16(21-15(19)11(3)4)13-7-5-6-12(8-13)9-17/h5-8H,1,3H2,2,4H3. The van der Waals surface area contributed by atoms with Crippen molar-refractivity contribution >= 4 is 32.6 Å². The molecular formula is C15H14INO4. The maximum absolute atomic E-state index is 11.7. The molecule has 0 radical (unpaired) electrons. The number of benzene rings is 1. The van der Waals surface area contributed by atoms with Crippen molar-refractivity contribution < 1.29 is 15.7 Å². The van der Waals surface area contributed by atoms with Crippen molar-refractivity contribution in [3.05, 3.63) is 57.7 Å². The van der Waals surface area contributed by atoms with Gasteiger partial charge in [-0.05, 0) is 0 Å². The fourth-order valence-electron chi connectivity index (χ4n) is 1.02. The van der Waals surface area contributed by atoms with E-state index in [2.05, 4.69) is 13.2 Å². The van der Waals surface area contributed by atoms with Gasteiger partial charge in [-0.1, -0.05) is 0 Å². The van der Waals surface area contributed by atoms with Crippen molar-refractivity contribution in [2.75, 3.05) is 0 Å². The Morgan fingerprint density at radius 1 is 1.14 bits per heavy atom. The zero-order valence-electron chi connectivity index (χ0n) is 11.7. The van der Waals surface area contributed by atoms with Gasteiger partial charge in [0.05, 0.1) is 0 Å². The van der Waals surface area contributed by atoms with E-state index >= 15 is 0 Å².